The van der Waals surface area contributed by atoms with E-state index in [0.29, 0.717) is 12.6 Å². The van der Waals surface area contributed by atoms with Crippen LogP contribution in [0.2, 0.25) is 0 Å². The molecule has 2 fully saturated rings. The quantitative estimate of drug-likeness (QED) is 0.797. The molecule has 1 aromatic rings. The third-order valence-electron chi connectivity index (χ3n) is 4.20. The van der Waals surface area contributed by atoms with Crippen LogP contribution in [0, 0.1) is 5.92 Å². The van der Waals surface area contributed by atoms with Gasteiger partial charge in [0, 0.05) is 36.2 Å². The molecular weight excluding hydrogens is 244 g/mol. The van der Waals surface area contributed by atoms with Crippen LogP contribution in [0.5, 0.6) is 0 Å². The predicted octanol–water partition coefficient (Wildman–Crippen LogP) is 2.66. The van der Waals surface area contributed by atoms with Crippen LogP contribution in [-0.4, -0.2) is 22.7 Å². The SMILES string of the molecule is OCCC(NCc1cnc(C2CCC2)s1)C1CC1. The number of aliphatic hydroxyl groups is 1. The Morgan fingerprint density at radius 3 is 2.83 bits per heavy atom. The van der Waals surface area contributed by atoms with E-state index in [9.17, 15) is 0 Å². The average molecular weight is 266 g/mol. The highest BCUT2D eigenvalue weighted by Gasteiger charge is 2.30. The highest BCUT2D eigenvalue weighted by atomic mass is 32.1. The summed E-state index contributed by atoms with van der Waals surface area (Å²) in [6.45, 7) is 1.22. The van der Waals surface area contributed by atoms with E-state index in [1.54, 1.807) is 0 Å². The summed E-state index contributed by atoms with van der Waals surface area (Å²) in [5.74, 6) is 1.55. The van der Waals surface area contributed by atoms with E-state index in [2.05, 4.69) is 10.3 Å². The van der Waals surface area contributed by atoms with Gasteiger partial charge in [-0.15, -0.1) is 11.3 Å². The Hall–Kier alpha value is -0.450. The maximum atomic E-state index is 9.08. The van der Waals surface area contributed by atoms with Crippen LogP contribution in [-0.2, 0) is 6.54 Å². The second-order valence-electron chi connectivity index (χ2n) is 5.63. The molecule has 18 heavy (non-hydrogen) atoms. The molecule has 3 rings (SSSR count). The number of aliphatic hydroxyl groups excluding tert-OH is 1. The molecular formula is C14H22N2OS. The van der Waals surface area contributed by atoms with E-state index < -0.39 is 0 Å². The summed E-state index contributed by atoms with van der Waals surface area (Å²) in [5, 5.41) is 14.0. The van der Waals surface area contributed by atoms with Crippen LogP contribution >= 0.6 is 11.3 Å². The molecule has 2 aliphatic rings. The number of rotatable bonds is 7. The molecule has 2 aliphatic carbocycles. The van der Waals surface area contributed by atoms with Gasteiger partial charge in [0.05, 0.1) is 5.01 Å². The number of hydrogen-bond acceptors (Lipinski definition) is 4. The van der Waals surface area contributed by atoms with Gasteiger partial charge in [-0.05, 0) is 38.0 Å². The minimum atomic E-state index is 0.296. The summed E-state index contributed by atoms with van der Waals surface area (Å²) < 4.78 is 0. The Morgan fingerprint density at radius 2 is 2.22 bits per heavy atom. The lowest BCUT2D eigenvalue weighted by Crippen LogP contribution is -2.31. The Kier molecular flexibility index (Phi) is 3.97. The number of nitrogens with zero attached hydrogens (tertiary/aromatic N) is 1. The van der Waals surface area contributed by atoms with E-state index in [4.69, 9.17) is 5.11 Å². The van der Waals surface area contributed by atoms with Gasteiger partial charge < -0.3 is 10.4 Å². The van der Waals surface area contributed by atoms with Crippen molar-refractivity contribution in [3.63, 3.8) is 0 Å². The Morgan fingerprint density at radius 1 is 1.39 bits per heavy atom. The largest absolute Gasteiger partial charge is 0.396 e. The topological polar surface area (TPSA) is 45.1 Å². The molecule has 3 nitrogen and oxygen atoms in total. The summed E-state index contributed by atoms with van der Waals surface area (Å²) in [4.78, 5) is 5.90. The van der Waals surface area contributed by atoms with Gasteiger partial charge in [0.25, 0.3) is 0 Å². The van der Waals surface area contributed by atoms with E-state index >= 15 is 0 Å². The van der Waals surface area contributed by atoms with Gasteiger partial charge in [0.1, 0.15) is 0 Å². The molecule has 0 aliphatic heterocycles. The average Bonchev–Trinajstić information content (AvgIpc) is 3.04. The number of nitrogens with one attached hydrogen (secondary N) is 1. The molecule has 4 heteroatoms. The Labute approximate surface area is 113 Å². The molecule has 0 aromatic carbocycles. The second kappa shape index (κ2) is 5.68. The van der Waals surface area contributed by atoms with Crippen molar-refractivity contribution in [3.05, 3.63) is 16.1 Å². The van der Waals surface area contributed by atoms with Crippen molar-refractivity contribution in [3.8, 4) is 0 Å². The highest BCUT2D eigenvalue weighted by Crippen LogP contribution is 2.38. The molecule has 0 bridgehead atoms. The molecule has 1 aromatic heterocycles. The summed E-state index contributed by atoms with van der Waals surface area (Å²) >= 11 is 1.87. The van der Waals surface area contributed by atoms with Crippen LogP contribution in [0.4, 0.5) is 0 Å². The van der Waals surface area contributed by atoms with Crippen LogP contribution in [0.25, 0.3) is 0 Å². The zero-order chi connectivity index (χ0) is 12.4. The van der Waals surface area contributed by atoms with Gasteiger partial charge in [-0.3, -0.25) is 0 Å². The predicted molar refractivity (Wildman–Crippen MR) is 73.8 cm³/mol. The second-order valence-corrected chi connectivity index (χ2v) is 6.78. The van der Waals surface area contributed by atoms with Crippen molar-refractivity contribution < 1.29 is 5.11 Å². The lowest BCUT2D eigenvalue weighted by Gasteiger charge is -2.22. The molecule has 2 N–H and O–H groups in total. The van der Waals surface area contributed by atoms with Crippen molar-refractivity contribution >= 4 is 11.3 Å². The first-order valence-corrected chi connectivity index (χ1v) is 7.97. The first-order valence-electron chi connectivity index (χ1n) is 7.15. The molecule has 0 spiro atoms. The lowest BCUT2D eigenvalue weighted by atomic mass is 9.86. The molecule has 1 heterocycles. The minimum absolute atomic E-state index is 0.296. The summed E-state index contributed by atoms with van der Waals surface area (Å²) in [5.41, 5.74) is 0. The first-order chi connectivity index (χ1) is 8.86. The maximum absolute atomic E-state index is 9.08. The van der Waals surface area contributed by atoms with E-state index in [1.807, 2.05) is 17.5 Å². The van der Waals surface area contributed by atoms with Crippen molar-refractivity contribution in [2.24, 2.45) is 5.92 Å². The molecule has 100 valence electrons. The third kappa shape index (κ3) is 2.92. The number of hydrogen-bond donors (Lipinski definition) is 2. The van der Waals surface area contributed by atoms with Crippen LogP contribution in [0.3, 0.4) is 0 Å². The normalized spacial score (nSPS) is 21.8. The van der Waals surface area contributed by atoms with Crippen LogP contribution in [0.15, 0.2) is 6.20 Å². The first kappa shape index (κ1) is 12.6. The maximum Gasteiger partial charge on any atom is 0.0959 e. The van der Waals surface area contributed by atoms with Gasteiger partial charge >= 0.3 is 0 Å². The lowest BCUT2D eigenvalue weighted by molar-refractivity contribution is 0.256. The van der Waals surface area contributed by atoms with Crippen LogP contribution < -0.4 is 5.32 Å². The zero-order valence-corrected chi connectivity index (χ0v) is 11.6. The minimum Gasteiger partial charge on any atom is -0.396 e. The molecule has 2 saturated carbocycles. The molecule has 1 unspecified atom stereocenters. The fourth-order valence-electron chi connectivity index (χ4n) is 2.62. The molecule has 1 atom stereocenters. The standard InChI is InChI=1S/C14H22N2OS/c17-7-6-13(10-4-5-10)15-8-12-9-16-14(18-12)11-2-1-3-11/h9-11,13,15,17H,1-8H2. The van der Waals surface area contributed by atoms with Gasteiger partial charge in [-0.2, -0.15) is 0 Å². The molecule has 0 amide bonds. The van der Waals surface area contributed by atoms with Crippen molar-refractivity contribution in [1.82, 2.24) is 10.3 Å². The van der Waals surface area contributed by atoms with Crippen LogP contribution in [0.1, 0.15) is 54.3 Å². The molecule has 0 radical (unpaired) electrons. The molecule has 0 saturated heterocycles. The Bertz CT molecular complexity index is 385. The monoisotopic (exact) mass is 266 g/mol. The fraction of sp³-hybridized carbons (Fsp3) is 0.786. The van der Waals surface area contributed by atoms with E-state index in [-0.39, 0.29) is 0 Å². The third-order valence-corrected chi connectivity index (χ3v) is 5.36. The van der Waals surface area contributed by atoms with E-state index in [0.717, 1.165) is 24.8 Å². The Balaban J connectivity index is 1.50. The number of aromatic nitrogens is 1. The summed E-state index contributed by atoms with van der Waals surface area (Å²) in [6.07, 6.45) is 9.61. The highest BCUT2D eigenvalue weighted by molar-refractivity contribution is 7.11. The van der Waals surface area contributed by atoms with Gasteiger partial charge in [0.2, 0.25) is 0 Å². The zero-order valence-electron chi connectivity index (χ0n) is 10.8. The van der Waals surface area contributed by atoms with Gasteiger partial charge in [-0.25, -0.2) is 4.98 Å². The summed E-state index contributed by atoms with van der Waals surface area (Å²) in [6, 6.07) is 0.504. The number of thiazole rings is 1. The summed E-state index contributed by atoms with van der Waals surface area (Å²) in [7, 11) is 0. The van der Waals surface area contributed by atoms with Gasteiger partial charge in [0.15, 0.2) is 0 Å². The smallest absolute Gasteiger partial charge is 0.0959 e. The van der Waals surface area contributed by atoms with Crippen molar-refractivity contribution in [1.29, 1.82) is 0 Å². The van der Waals surface area contributed by atoms with Crippen molar-refractivity contribution in [2.75, 3.05) is 6.61 Å². The fourth-order valence-corrected chi connectivity index (χ4v) is 3.66. The van der Waals surface area contributed by atoms with E-state index in [1.165, 1.54) is 42.0 Å². The van der Waals surface area contributed by atoms with Crippen molar-refractivity contribution in [2.45, 2.75) is 57.0 Å². The van der Waals surface area contributed by atoms with Gasteiger partial charge in [-0.1, -0.05) is 6.42 Å².